The summed E-state index contributed by atoms with van der Waals surface area (Å²) in [5.74, 6) is 0.172. The summed E-state index contributed by atoms with van der Waals surface area (Å²) in [5, 5.41) is 3.07. The molecule has 0 aromatic carbocycles. The highest BCUT2D eigenvalue weighted by Crippen LogP contribution is 2.57. The van der Waals surface area contributed by atoms with E-state index < -0.39 is 5.54 Å². The Kier molecular flexibility index (Phi) is 6.79. The molecule has 0 spiro atoms. The van der Waals surface area contributed by atoms with Gasteiger partial charge in [-0.25, -0.2) is 0 Å². The number of ether oxygens (including phenoxy) is 1. The number of nitrogens with one attached hydrogen (secondary N) is 1. The maximum absolute atomic E-state index is 12.7. The van der Waals surface area contributed by atoms with Gasteiger partial charge in [0, 0.05) is 37.1 Å². The van der Waals surface area contributed by atoms with Crippen molar-refractivity contribution in [2.75, 3.05) is 26.7 Å². The lowest BCUT2D eigenvalue weighted by molar-refractivity contribution is -0.225. The summed E-state index contributed by atoms with van der Waals surface area (Å²) in [6.07, 6.45) is 4.73. The monoisotopic (exact) mass is 367 g/mol. The zero-order valence-electron chi connectivity index (χ0n) is 14.3. The Labute approximate surface area is 151 Å². The number of hydrogen-bond donors (Lipinski definition) is 2. The number of halogens is 2. The normalized spacial score (nSPS) is 34.5. The molecule has 0 bridgehead atoms. The van der Waals surface area contributed by atoms with Crippen molar-refractivity contribution in [1.82, 2.24) is 10.2 Å². The zero-order valence-corrected chi connectivity index (χ0v) is 16.0. The Bertz CT molecular complexity index is 432. The van der Waals surface area contributed by atoms with Crippen LogP contribution in [0.15, 0.2) is 0 Å². The number of hydrogen-bond acceptors (Lipinski definition) is 4. The summed E-state index contributed by atoms with van der Waals surface area (Å²) in [6.45, 7) is 6.51. The molecule has 5 nitrogen and oxygen atoms in total. The molecule has 0 aromatic rings. The predicted molar refractivity (Wildman–Crippen MR) is 96.3 cm³/mol. The first-order valence-electron chi connectivity index (χ1n) is 8.28. The van der Waals surface area contributed by atoms with Crippen LogP contribution in [0.3, 0.4) is 0 Å². The van der Waals surface area contributed by atoms with Crippen molar-refractivity contribution in [3.05, 3.63) is 0 Å². The van der Waals surface area contributed by atoms with Gasteiger partial charge in [-0.15, -0.1) is 24.8 Å². The third-order valence-corrected chi connectivity index (χ3v) is 5.98. The lowest BCUT2D eigenvalue weighted by Crippen LogP contribution is -2.82. The molecule has 3 rings (SSSR count). The second kappa shape index (κ2) is 7.44. The fraction of sp³-hybridized carbons (Fsp3) is 0.938. The van der Waals surface area contributed by atoms with E-state index in [1.807, 2.05) is 0 Å². The molecule has 136 valence electrons. The topological polar surface area (TPSA) is 67.6 Å². The van der Waals surface area contributed by atoms with Gasteiger partial charge in [-0.05, 0) is 32.7 Å². The number of carbonyl (C=O) groups is 1. The molecule has 3 atom stereocenters. The Morgan fingerprint density at radius 3 is 2.57 bits per heavy atom. The van der Waals surface area contributed by atoms with Crippen molar-refractivity contribution in [3.8, 4) is 0 Å². The lowest BCUT2D eigenvalue weighted by atomic mass is 9.46. The van der Waals surface area contributed by atoms with Crippen LogP contribution in [0.25, 0.3) is 0 Å². The fourth-order valence-electron chi connectivity index (χ4n) is 4.23. The van der Waals surface area contributed by atoms with Crippen LogP contribution < -0.4 is 11.1 Å². The van der Waals surface area contributed by atoms with Gasteiger partial charge >= 0.3 is 0 Å². The smallest absolute Gasteiger partial charge is 0.241 e. The highest BCUT2D eigenvalue weighted by Gasteiger charge is 2.70. The molecule has 1 saturated heterocycles. The number of carbonyl (C=O) groups excluding carboxylic acids is 1. The molecule has 1 amide bonds. The Morgan fingerprint density at radius 1 is 1.30 bits per heavy atom. The largest absolute Gasteiger partial charge is 0.377 e. The first-order valence-corrected chi connectivity index (χ1v) is 8.28. The van der Waals surface area contributed by atoms with Gasteiger partial charge in [-0.3, -0.25) is 4.79 Å². The summed E-state index contributed by atoms with van der Waals surface area (Å²) >= 11 is 0. The minimum absolute atomic E-state index is 0. The summed E-state index contributed by atoms with van der Waals surface area (Å²) in [4.78, 5) is 15.0. The molecule has 0 aromatic heterocycles. The quantitative estimate of drug-likeness (QED) is 0.773. The average molecular weight is 368 g/mol. The third kappa shape index (κ3) is 3.36. The minimum atomic E-state index is -0.782. The fourth-order valence-corrected chi connectivity index (χ4v) is 4.23. The van der Waals surface area contributed by atoms with E-state index in [0.717, 1.165) is 32.0 Å². The first kappa shape index (κ1) is 21.0. The van der Waals surface area contributed by atoms with Crippen LogP contribution in [0.4, 0.5) is 0 Å². The number of rotatable bonds is 5. The van der Waals surface area contributed by atoms with E-state index in [0.29, 0.717) is 6.54 Å². The zero-order chi connectivity index (χ0) is 15.3. The summed E-state index contributed by atoms with van der Waals surface area (Å²) in [7, 11) is 2.13. The van der Waals surface area contributed by atoms with Gasteiger partial charge in [0.05, 0.1) is 6.10 Å². The molecule has 2 saturated carbocycles. The van der Waals surface area contributed by atoms with Crippen LogP contribution in [0.2, 0.25) is 0 Å². The van der Waals surface area contributed by atoms with E-state index in [2.05, 4.69) is 31.1 Å². The van der Waals surface area contributed by atoms with Gasteiger partial charge in [-0.2, -0.15) is 0 Å². The molecule has 2 aliphatic carbocycles. The van der Waals surface area contributed by atoms with Gasteiger partial charge in [-0.1, -0.05) is 13.8 Å². The van der Waals surface area contributed by atoms with Crippen molar-refractivity contribution < 1.29 is 9.53 Å². The Balaban J connectivity index is 0.00000132. The number of nitrogens with zero attached hydrogens (tertiary/aromatic N) is 1. The predicted octanol–water partition coefficient (Wildman–Crippen LogP) is 1.57. The molecule has 0 radical (unpaired) electrons. The minimum Gasteiger partial charge on any atom is -0.377 e. The summed E-state index contributed by atoms with van der Waals surface area (Å²) in [5.41, 5.74) is 5.49. The van der Waals surface area contributed by atoms with E-state index >= 15 is 0 Å². The molecule has 3 N–H and O–H groups in total. The second-order valence-corrected chi connectivity index (χ2v) is 7.60. The molecule has 3 fully saturated rings. The number of nitrogens with two attached hydrogens (primary N) is 1. The second-order valence-electron chi connectivity index (χ2n) is 7.60. The van der Waals surface area contributed by atoms with Crippen LogP contribution in [0.1, 0.15) is 39.5 Å². The molecule has 1 aliphatic heterocycles. The highest BCUT2D eigenvalue weighted by atomic mass is 35.5. The van der Waals surface area contributed by atoms with Gasteiger partial charge in [0.25, 0.3) is 0 Å². The Morgan fingerprint density at radius 2 is 1.96 bits per heavy atom. The molecule has 23 heavy (non-hydrogen) atoms. The van der Waals surface area contributed by atoms with Gasteiger partial charge in [0.15, 0.2) is 0 Å². The van der Waals surface area contributed by atoms with Crippen molar-refractivity contribution >= 4 is 30.7 Å². The molecule has 3 aliphatic rings. The molecule has 7 heteroatoms. The van der Waals surface area contributed by atoms with Gasteiger partial charge in [0.1, 0.15) is 5.54 Å². The summed E-state index contributed by atoms with van der Waals surface area (Å²) < 4.78 is 5.85. The van der Waals surface area contributed by atoms with E-state index in [-0.39, 0.29) is 48.2 Å². The van der Waals surface area contributed by atoms with E-state index in [9.17, 15) is 4.79 Å². The van der Waals surface area contributed by atoms with E-state index in [4.69, 9.17) is 10.5 Å². The van der Waals surface area contributed by atoms with E-state index in [1.54, 1.807) is 0 Å². The van der Waals surface area contributed by atoms with Crippen molar-refractivity contribution in [2.45, 2.75) is 57.2 Å². The van der Waals surface area contributed by atoms with Crippen molar-refractivity contribution in [2.24, 2.45) is 17.1 Å². The standard InChI is InChI=1S/C16H29N3O2.2ClH/c1-15(2)13-12(5-4-10-21-13)16(15,17)14(20)18-8-9-19(3)11-6-7-11;;/h11-13H,4-10,17H2,1-3H3,(H,18,20);2*1H. The number of fused-ring (bicyclic) bond motifs is 1. The van der Waals surface area contributed by atoms with Crippen LogP contribution in [0, 0.1) is 11.3 Å². The van der Waals surface area contributed by atoms with Crippen LogP contribution >= 0.6 is 24.8 Å². The van der Waals surface area contributed by atoms with Gasteiger partial charge in [0.2, 0.25) is 5.91 Å². The van der Waals surface area contributed by atoms with Crippen LogP contribution in [-0.4, -0.2) is 55.2 Å². The van der Waals surface area contributed by atoms with E-state index in [1.165, 1.54) is 12.8 Å². The maximum atomic E-state index is 12.7. The SMILES string of the molecule is CN(CCNC(=O)C1(N)C2CCCOC2C1(C)C)C1CC1.Cl.Cl. The Hall–Kier alpha value is -0.0700. The molecule has 1 heterocycles. The molecular formula is C16H31Cl2N3O2. The lowest BCUT2D eigenvalue weighted by Gasteiger charge is -2.65. The highest BCUT2D eigenvalue weighted by molar-refractivity contribution is 5.89. The first-order chi connectivity index (χ1) is 9.89. The van der Waals surface area contributed by atoms with Crippen molar-refractivity contribution in [1.29, 1.82) is 0 Å². The van der Waals surface area contributed by atoms with Crippen LogP contribution in [-0.2, 0) is 9.53 Å². The van der Waals surface area contributed by atoms with Crippen LogP contribution in [0.5, 0.6) is 0 Å². The summed E-state index contributed by atoms with van der Waals surface area (Å²) in [6, 6.07) is 0.727. The van der Waals surface area contributed by atoms with Crippen molar-refractivity contribution in [3.63, 3.8) is 0 Å². The molecule has 3 unspecified atom stereocenters. The number of likely N-dealkylation sites (N-methyl/N-ethyl adjacent to an activating group) is 1. The molecular weight excluding hydrogens is 337 g/mol. The van der Waals surface area contributed by atoms with Gasteiger partial charge < -0.3 is 20.7 Å². The average Bonchev–Trinajstić information content (AvgIpc) is 3.30. The number of amides is 1. The third-order valence-electron chi connectivity index (χ3n) is 5.98. The maximum Gasteiger partial charge on any atom is 0.241 e.